The van der Waals surface area contributed by atoms with E-state index in [1.165, 1.54) is 0 Å². The van der Waals surface area contributed by atoms with Gasteiger partial charge < -0.3 is 0 Å². The number of nitrogens with zero attached hydrogens (tertiary/aromatic N) is 3. The smallest absolute Gasteiger partial charge is 0.261 e. The average Bonchev–Trinajstić information content (AvgIpc) is 2.96. The standard InChI is InChI=1S/C21H22N4O2S/c1-4-11-25-21-18(13-16-12-15(3)7-10-19(16)22-21)20(23-25)24-28(26,27)17-8-5-14(2)6-9-17/h5-10,12-13H,4,11H2,1-3H3,(H,23,24). The SMILES string of the molecule is CCCn1nc(NS(=O)(=O)c2ccc(C)cc2)c2cc3cc(C)ccc3nc21. The van der Waals surface area contributed by atoms with Crippen LogP contribution in [0, 0.1) is 13.8 Å². The zero-order chi connectivity index (χ0) is 19.9. The van der Waals surface area contributed by atoms with Crippen LogP contribution in [0.1, 0.15) is 24.5 Å². The van der Waals surface area contributed by atoms with E-state index in [9.17, 15) is 8.42 Å². The summed E-state index contributed by atoms with van der Waals surface area (Å²) in [4.78, 5) is 4.95. The minimum Gasteiger partial charge on any atom is -0.261 e. The number of rotatable bonds is 5. The fourth-order valence-corrected chi connectivity index (χ4v) is 4.24. The van der Waals surface area contributed by atoms with E-state index in [0.717, 1.165) is 28.5 Å². The number of pyridine rings is 1. The van der Waals surface area contributed by atoms with Crippen LogP contribution in [-0.2, 0) is 16.6 Å². The molecule has 0 fully saturated rings. The lowest BCUT2D eigenvalue weighted by atomic mass is 10.1. The topological polar surface area (TPSA) is 76.9 Å². The van der Waals surface area contributed by atoms with Crippen molar-refractivity contribution in [3.05, 3.63) is 59.7 Å². The molecule has 144 valence electrons. The van der Waals surface area contributed by atoms with Crippen LogP contribution in [0.25, 0.3) is 21.9 Å². The molecule has 0 bridgehead atoms. The predicted octanol–water partition coefficient (Wildman–Crippen LogP) is 4.41. The minimum absolute atomic E-state index is 0.209. The molecule has 7 heteroatoms. The molecule has 0 amide bonds. The van der Waals surface area contributed by atoms with Gasteiger partial charge in [-0.15, -0.1) is 0 Å². The van der Waals surface area contributed by atoms with Crippen molar-refractivity contribution in [1.82, 2.24) is 14.8 Å². The molecule has 4 aromatic rings. The maximum Gasteiger partial charge on any atom is 0.263 e. The third-order valence-corrected chi connectivity index (χ3v) is 6.02. The molecule has 1 N–H and O–H groups in total. The van der Waals surface area contributed by atoms with Gasteiger partial charge in [-0.1, -0.05) is 36.2 Å². The molecule has 0 saturated heterocycles. The summed E-state index contributed by atoms with van der Waals surface area (Å²) in [5, 5.41) is 6.17. The van der Waals surface area contributed by atoms with E-state index in [-0.39, 0.29) is 4.90 Å². The second-order valence-corrected chi connectivity index (χ2v) is 8.73. The molecule has 0 unspecified atom stereocenters. The number of fused-ring (bicyclic) bond motifs is 2. The molecular weight excluding hydrogens is 372 g/mol. The van der Waals surface area contributed by atoms with Gasteiger partial charge in [-0.3, -0.25) is 4.72 Å². The summed E-state index contributed by atoms with van der Waals surface area (Å²) in [5.41, 5.74) is 3.67. The van der Waals surface area contributed by atoms with Gasteiger partial charge in [-0.2, -0.15) is 5.10 Å². The lowest BCUT2D eigenvalue weighted by molar-refractivity contribution is 0.599. The van der Waals surface area contributed by atoms with Crippen LogP contribution >= 0.6 is 0 Å². The van der Waals surface area contributed by atoms with Gasteiger partial charge in [0.2, 0.25) is 0 Å². The van der Waals surface area contributed by atoms with Gasteiger partial charge in [0, 0.05) is 11.9 Å². The highest BCUT2D eigenvalue weighted by atomic mass is 32.2. The Morgan fingerprint density at radius 2 is 1.71 bits per heavy atom. The Kier molecular flexibility index (Phi) is 4.55. The Hall–Kier alpha value is -2.93. The zero-order valence-electron chi connectivity index (χ0n) is 16.1. The van der Waals surface area contributed by atoms with Crippen molar-refractivity contribution in [2.24, 2.45) is 0 Å². The summed E-state index contributed by atoms with van der Waals surface area (Å²) < 4.78 is 30.1. The monoisotopic (exact) mass is 394 g/mol. The van der Waals surface area contributed by atoms with Crippen molar-refractivity contribution in [2.45, 2.75) is 38.6 Å². The van der Waals surface area contributed by atoms with Crippen molar-refractivity contribution in [2.75, 3.05) is 4.72 Å². The third-order valence-electron chi connectivity index (χ3n) is 4.67. The number of sulfonamides is 1. The highest BCUT2D eigenvalue weighted by Gasteiger charge is 2.20. The van der Waals surface area contributed by atoms with Crippen molar-refractivity contribution < 1.29 is 8.42 Å². The summed E-state index contributed by atoms with van der Waals surface area (Å²) in [6.45, 7) is 6.65. The Balaban J connectivity index is 1.86. The third kappa shape index (κ3) is 3.33. The number of aryl methyl sites for hydroxylation is 3. The van der Waals surface area contributed by atoms with Crippen molar-refractivity contribution >= 4 is 37.8 Å². The summed E-state index contributed by atoms with van der Waals surface area (Å²) in [5.74, 6) is 0.305. The van der Waals surface area contributed by atoms with Gasteiger partial charge in [-0.05, 0) is 50.6 Å². The number of anilines is 1. The average molecular weight is 395 g/mol. The summed E-state index contributed by atoms with van der Waals surface area (Å²) in [7, 11) is -3.74. The molecule has 0 aliphatic rings. The number of hydrogen-bond donors (Lipinski definition) is 1. The van der Waals surface area contributed by atoms with Crippen molar-refractivity contribution in [1.29, 1.82) is 0 Å². The molecule has 2 aromatic carbocycles. The van der Waals surface area contributed by atoms with E-state index in [2.05, 4.69) is 9.82 Å². The lowest BCUT2D eigenvalue weighted by Gasteiger charge is -2.06. The highest BCUT2D eigenvalue weighted by Crippen LogP contribution is 2.28. The highest BCUT2D eigenvalue weighted by molar-refractivity contribution is 7.92. The van der Waals surface area contributed by atoms with Gasteiger partial charge in [0.05, 0.1) is 15.8 Å². The number of hydrogen-bond acceptors (Lipinski definition) is 4. The molecule has 6 nitrogen and oxygen atoms in total. The Bertz CT molecular complexity index is 1280. The van der Waals surface area contributed by atoms with Gasteiger partial charge in [-0.25, -0.2) is 18.1 Å². The number of aromatic nitrogens is 3. The second-order valence-electron chi connectivity index (χ2n) is 7.05. The predicted molar refractivity (Wildman–Crippen MR) is 112 cm³/mol. The quantitative estimate of drug-likeness (QED) is 0.544. The largest absolute Gasteiger partial charge is 0.263 e. The van der Waals surface area contributed by atoms with Crippen molar-refractivity contribution in [3.8, 4) is 0 Å². The molecule has 28 heavy (non-hydrogen) atoms. The number of nitrogens with one attached hydrogen (secondary N) is 1. The lowest BCUT2D eigenvalue weighted by Crippen LogP contribution is -2.14. The van der Waals surface area contributed by atoms with Crippen LogP contribution in [0.4, 0.5) is 5.82 Å². The fraction of sp³-hybridized carbons (Fsp3) is 0.238. The van der Waals surface area contributed by atoms with E-state index in [1.54, 1.807) is 28.9 Å². The number of benzene rings is 2. The Morgan fingerprint density at radius 1 is 1.00 bits per heavy atom. The van der Waals surface area contributed by atoms with E-state index < -0.39 is 10.0 Å². The van der Waals surface area contributed by atoms with E-state index >= 15 is 0 Å². The minimum atomic E-state index is -3.74. The first-order valence-electron chi connectivity index (χ1n) is 9.25. The molecule has 0 saturated carbocycles. The van der Waals surface area contributed by atoms with E-state index in [4.69, 9.17) is 4.98 Å². The fourth-order valence-electron chi connectivity index (χ4n) is 3.23. The molecule has 0 radical (unpaired) electrons. The molecule has 2 aromatic heterocycles. The molecule has 0 spiro atoms. The molecule has 0 aliphatic heterocycles. The summed E-state index contributed by atoms with van der Waals surface area (Å²) in [6.07, 6.45) is 0.870. The molecule has 4 rings (SSSR count). The normalized spacial score (nSPS) is 12.0. The van der Waals surface area contributed by atoms with E-state index in [1.807, 2.05) is 45.0 Å². The Labute approximate surface area is 164 Å². The Morgan fingerprint density at radius 3 is 2.43 bits per heavy atom. The van der Waals surface area contributed by atoms with Gasteiger partial charge in [0.25, 0.3) is 10.0 Å². The van der Waals surface area contributed by atoms with Crippen LogP contribution in [0.3, 0.4) is 0 Å². The first-order valence-corrected chi connectivity index (χ1v) is 10.7. The van der Waals surface area contributed by atoms with Gasteiger partial charge in [0.15, 0.2) is 11.5 Å². The molecule has 2 heterocycles. The van der Waals surface area contributed by atoms with Crippen LogP contribution in [0.15, 0.2) is 53.4 Å². The van der Waals surface area contributed by atoms with Crippen LogP contribution < -0.4 is 4.72 Å². The zero-order valence-corrected chi connectivity index (χ0v) is 16.9. The van der Waals surface area contributed by atoms with Crippen molar-refractivity contribution in [3.63, 3.8) is 0 Å². The summed E-state index contributed by atoms with van der Waals surface area (Å²) >= 11 is 0. The van der Waals surface area contributed by atoms with Gasteiger partial charge in [0.1, 0.15) is 0 Å². The molecule has 0 aliphatic carbocycles. The first-order chi connectivity index (χ1) is 13.4. The van der Waals surface area contributed by atoms with Gasteiger partial charge >= 0.3 is 0 Å². The molecule has 0 atom stereocenters. The van der Waals surface area contributed by atoms with Crippen LogP contribution in [0.5, 0.6) is 0 Å². The molecular formula is C21H22N4O2S. The maximum absolute atomic E-state index is 12.9. The van der Waals surface area contributed by atoms with Crippen LogP contribution in [0.2, 0.25) is 0 Å². The summed E-state index contributed by atoms with van der Waals surface area (Å²) in [6, 6.07) is 14.7. The second kappa shape index (κ2) is 6.91. The maximum atomic E-state index is 12.9. The first kappa shape index (κ1) is 18.4. The van der Waals surface area contributed by atoms with E-state index in [0.29, 0.717) is 23.4 Å². The van der Waals surface area contributed by atoms with Crippen LogP contribution in [-0.4, -0.2) is 23.2 Å².